The monoisotopic (exact) mass is 520 g/mol. The lowest BCUT2D eigenvalue weighted by Gasteiger charge is -2.31. The Balaban J connectivity index is 1.48. The molecule has 1 aromatic carbocycles. The number of rotatable bonds is 4. The van der Waals surface area contributed by atoms with Gasteiger partial charge in [-0.3, -0.25) is 0 Å². The number of hydrogen-bond donors (Lipinski definition) is 1. The molecule has 11 nitrogen and oxygen atoms in total. The van der Waals surface area contributed by atoms with Gasteiger partial charge in [0.25, 0.3) is 0 Å². The van der Waals surface area contributed by atoms with Crippen LogP contribution in [0.25, 0.3) is 28.5 Å². The molecule has 0 fully saturated rings. The highest BCUT2D eigenvalue weighted by atomic mass is 16.6. The first kappa shape index (κ1) is 25.5. The topological polar surface area (TPSA) is 125 Å². The molecule has 1 amide bonds. The molecule has 4 heterocycles. The highest BCUT2D eigenvalue weighted by Crippen LogP contribution is 2.38. The van der Waals surface area contributed by atoms with Gasteiger partial charge < -0.3 is 24.0 Å². The molecule has 0 radical (unpaired) electrons. The summed E-state index contributed by atoms with van der Waals surface area (Å²) in [7, 11) is 0. The number of amides is 1. The number of aromatic nitrogens is 5. The predicted molar refractivity (Wildman–Crippen MR) is 140 cm³/mol. The molecular formula is C27H32N6O5. The summed E-state index contributed by atoms with van der Waals surface area (Å²) < 4.78 is 15.4. The number of ether oxygens (including phenoxy) is 2. The van der Waals surface area contributed by atoms with Crippen LogP contribution in [-0.4, -0.2) is 71.7 Å². The summed E-state index contributed by atoms with van der Waals surface area (Å²) in [5.74, 6) is 1.03. The van der Waals surface area contributed by atoms with Gasteiger partial charge in [0.15, 0.2) is 5.82 Å². The van der Waals surface area contributed by atoms with Crippen LogP contribution < -0.4 is 4.74 Å². The van der Waals surface area contributed by atoms with Gasteiger partial charge in [0.2, 0.25) is 0 Å². The number of aliphatic carboxylic acids is 1. The van der Waals surface area contributed by atoms with Crippen molar-refractivity contribution in [3.05, 3.63) is 41.9 Å². The molecule has 0 bridgehead atoms. The number of carbonyl (C=O) groups excluding carboxylic acids is 1. The van der Waals surface area contributed by atoms with E-state index in [1.54, 1.807) is 20.8 Å². The van der Waals surface area contributed by atoms with Crippen molar-refractivity contribution in [2.24, 2.45) is 0 Å². The molecule has 0 spiro atoms. The second kappa shape index (κ2) is 9.62. The van der Waals surface area contributed by atoms with Gasteiger partial charge in [-0.15, -0.1) is 0 Å². The minimum Gasteiger partial charge on any atom is -0.491 e. The van der Waals surface area contributed by atoms with Crippen LogP contribution in [0.4, 0.5) is 4.79 Å². The normalized spacial score (nSPS) is 15.6. The van der Waals surface area contributed by atoms with Gasteiger partial charge in [-0.2, -0.15) is 5.10 Å². The summed E-state index contributed by atoms with van der Waals surface area (Å²) in [6.07, 6.45) is 3.37. The highest BCUT2D eigenvalue weighted by Gasteiger charge is 2.31. The van der Waals surface area contributed by atoms with E-state index in [0.29, 0.717) is 43.3 Å². The van der Waals surface area contributed by atoms with Gasteiger partial charge in [-0.1, -0.05) is 6.07 Å². The zero-order chi connectivity index (χ0) is 27.2. The van der Waals surface area contributed by atoms with Crippen molar-refractivity contribution in [2.45, 2.75) is 59.2 Å². The molecule has 2 aliphatic rings. The lowest BCUT2D eigenvalue weighted by atomic mass is 9.92. The summed E-state index contributed by atoms with van der Waals surface area (Å²) in [6.45, 7) is 10.8. The Bertz CT molecular complexity index is 1430. The fourth-order valence-corrected chi connectivity index (χ4v) is 4.75. The molecule has 5 rings (SSSR count). The maximum absolute atomic E-state index is 12.6. The lowest BCUT2D eigenvalue weighted by Crippen LogP contribution is -2.41. The molecule has 38 heavy (non-hydrogen) atoms. The van der Waals surface area contributed by atoms with Gasteiger partial charge >= 0.3 is 12.1 Å². The van der Waals surface area contributed by atoms with Gasteiger partial charge in [0, 0.05) is 18.8 Å². The number of carboxylic acids is 1. The van der Waals surface area contributed by atoms with Crippen LogP contribution in [0.3, 0.4) is 0 Å². The molecule has 2 aliphatic heterocycles. The van der Waals surface area contributed by atoms with Crippen molar-refractivity contribution < 1.29 is 24.2 Å². The van der Waals surface area contributed by atoms with Crippen LogP contribution in [0, 0.1) is 0 Å². The third-order valence-electron chi connectivity index (χ3n) is 6.48. The Morgan fingerprint density at radius 2 is 1.95 bits per heavy atom. The number of imidazole rings is 1. The molecular weight excluding hydrogens is 488 g/mol. The zero-order valence-electron chi connectivity index (χ0n) is 22.3. The number of fused-ring (bicyclic) bond motifs is 3. The molecule has 3 aromatic rings. The van der Waals surface area contributed by atoms with Crippen LogP contribution in [0.2, 0.25) is 0 Å². The van der Waals surface area contributed by atoms with E-state index >= 15 is 0 Å². The third kappa shape index (κ3) is 4.88. The van der Waals surface area contributed by atoms with E-state index in [1.807, 2.05) is 47.5 Å². The second-order valence-electron chi connectivity index (χ2n) is 10.7. The molecule has 0 unspecified atom stereocenters. The van der Waals surface area contributed by atoms with Gasteiger partial charge in [-0.05, 0) is 64.3 Å². The van der Waals surface area contributed by atoms with Crippen molar-refractivity contribution in [2.75, 3.05) is 19.7 Å². The maximum Gasteiger partial charge on any atom is 0.410 e. The van der Waals surface area contributed by atoms with Crippen molar-refractivity contribution >= 4 is 17.6 Å². The summed E-state index contributed by atoms with van der Waals surface area (Å²) in [5, 5.41) is 14.3. The second-order valence-corrected chi connectivity index (χ2v) is 10.7. The van der Waals surface area contributed by atoms with Crippen LogP contribution in [0.1, 0.15) is 52.6 Å². The van der Waals surface area contributed by atoms with Crippen LogP contribution in [0.15, 0.2) is 36.3 Å². The first-order valence-corrected chi connectivity index (χ1v) is 12.7. The minimum atomic E-state index is -1.06. The zero-order valence-corrected chi connectivity index (χ0v) is 22.3. The molecule has 0 aliphatic carbocycles. The average molecular weight is 521 g/mol. The molecule has 200 valence electrons. The highest BCUT2D eigenvalue weighted by molar-refractivity contribution is 5.98. The minimum absolute atomic E-state index is 0.0260. The summed E-state index contributed by atoms with van der Waals surface area (Å²) >= 11 is 0. The number of carboxylic acid groups (broad SMARTS) is 1. The number of carbonyl (C=O) groups is 2. The lowest BCUT2D eigenvalue weighted by molar-refractivity contribution is -0.132. The Labute approximate surface area is 220 Å². The van der Waals surface area contributed by atoms with E-state index in [1.165, 1.54) is 11.2 Å². The standard InChI is InChI=1S/C27H32N6O5/c1-16(2)33-24(28-15-29-33)21-14-31-10-11-37-22-12-17(6-7-19(22)23(31)30-21)18-8-9-32(13-20(18)25(34)35)26(36)38-27(3,4)5/h6-7,12,14-16H,8-11,13H2,1-5H3,(H,34,35). The summed E-state index contributed by atoms with van der Waals surface area (Å²) in [4.78, 5) is 35.5. The fourth-order valence-electron chi connectivity index (χ4n) is 4.75. The number of nitrogens with zero attached hydrogens (tertiary/aromatic N) is 6. The number of hydrogen-bond acceptors (Lipinski definition) is 7. The SMILES string of the molecule is CC(C)n1ncnc1-c1cn2c(n1)-c1ccc(C3=C(C(=O)O)CN(C(=O)OC(C)(C)C)CC3)cc1OCC2. The smallest absolute Gasteiger partial charge is 0.410 e. The maximum atomic E-state index is 12.6. The van der Waals surface area contributed by atoms with Crippen molar-refractivity contribution in [1.82, 2.24) is 29.2 Å². The van der Waals surface area contributed by atoms with E-state index in [-0.39, 0.29) is 18.2 Å². The average Bonchev–Trinajstić information content (AvgIpc) is 3.47. The Kier molecular flexibility index (Phi) is 6.46. The Morgan fingerprint density at radius 3 is 2.66 bits per heavy atom. The molecule has 11 heteroatoms. The van der Waals surface area contributed by atoms with Gasteiger partial charge in [0.1, 0.15) is 35.8 Å². The Hall–Kier alpha value is -4.15. The van der Waals surface area contributed by atoms with Gasteiger partial charge in [0.05, 0.1) is 24.2 Å². The van der Waals surface area contributed by atoms with E-state index in [2.05, 4.69) is 10.1 Å². The predicted octanol–water partition coefficient (Wildman–Crippen LogP) is 4.26. The van der Waals surface area contributed by atoms with E-state index < -0.39 is 17.7 Å². The first-order valence-electron chi connectivity index (χ1n) is 12.7. The fraction of sp³-hybridized carbons (Fsp3) is 0.444. The van der Waals surface area contributed by atoms with E-state index in [9.17, 15) is 14.7 Å². The van der Waals surface area contributed by atoms with E-state index in [4.69, 9.17) is 14.5 Å². The molecule has 0 atom stereocenters. The van der Waals surface area contributed by atoms with Gasteiger partial charge in [-0.25, -0.2) is 24.2 Å². The van der Waals surface area contributed by atoms with Crippen LogP contribution in [0.5, 0.6) is 5.75 Å². The molecule has 1 N–H and O–H groups in total. The quantitative estimate of drug-likeness (QED) is 0.541. The molecule has 0 saturated heterocycles. The first-order chi connectivity index (χ1) is 18.0. The van der Waals surface area contributed by atoms with Crippen LogP contribution >= 0.6 is 0 Å². The summed E-state index contributed by atoms with van der Waals surface area (Å²) in [5.41, 5.74) is 2.50. The molecule has 0 saturated carbocycles. The van der Waals surface area contributed by atoms with Crippen LogP contribution in [-0.2, 0) is 16.1 Å². The summed E-state index contributed by atoms with van der Waals surface area (Å²) in [6, 6.07) is 5.82. The largest absolute Gasteiger partial charge is 0.491 e. The van der Waals surface area contributed by atoms with Crippen molar-refractivity contribution in [3.63, 3.8) is 0 Å². The van der Waals surface area contributed by atoms with E-state index in [0.717, 1.165) is 22.6 Å². The Morgan fingerprint density at radius 1 is 1.16 bits per heavy atom. The van der Waals surface area contributed by atoms with Crippen molar-refractivity contribution in [1.29, 1.82) is 0 Å². The number of benzene rings is 1. The molecule has 2 aromatic heterocycles. The van der Waals surface area contributed by atoms with Crippen molar-refractivity contribution in [3.8, 4) is 28.7 Å². The third-order valence-corrected chi connectivity index (χ3v) is 6.48.